The van der Waals surface area contributed by atoms with Crippen molar-refractivity contribution in [1.29, 1.82) is 10.5 Å². The van der Waals surface area contributed by atoms with E-state index in [-0.39, 0.29) is 0 Å². The molecule has 0 heterocycles. The second-order valence-corrected chi connectivity index (χ2v) is 5.45. The van der Waals surface area contributed by atoms with E-state index >= 15 is 0 Å². The molecule has 0 aliphatic carbocycles. The highest BCUT2D eigenvalue weighted by molar-refractivity contribution is 7.98. The number of nitrogens with zero attached hydrogens (tertiary/aromatic N) is 2. The predicted octanol–water partition coefficient (Wildman–Crippen LogP) is 4.56. The molecule has 0 unspecified atom stereocenters. The molecule has 0 amide bonds. The summed E-state index contributed by atoms with van der Waals surface area (Å²) < 4.78 is 5.96. The minimum atomic E-state index is 0.535. The lowest BCUT2D eigenvalue weighted by Gasteiger charge is -2.14. The van der Waals surface area contributed by atoms with Crippen LogP contribution in [0.4, 0.5) is 0 Å². The van der Waals surface area contributed by atoms with Gasteiger partial charge < -0.3 is 4.74 Å². The van der Waals surface area contributed by atoms with Gasteiger partial charge in [-0.1, -0.05) is 6.07 Å². The van der Waals surface area contributed by atoms with Gasteiger partial charge in [-0.15, -0.1) is 11.8 Å². The van der Waals surface area contributed by atoms with Crippen LogP contribution >= 0.6 is 11.8 Å². The van der Waals surface area contributed by atoms with Crippen LogP contribution in [-0.2, 0) is 0 Å². The molecule has 0 N–H and O–H groups in total. The zero-order valence-electron chi connectivity index (χ0n) is 12.1. The first-order valence-corrected chi connectivity index (χ1v) is 7.59. The van der Waals surface area contributed by atoms with Gasteiger partial charge in [-0.25, -0.2) is 0 Å². The van der Waals surface area contributed by atoms with Crippen LogP contribution in [0.3, 0.4) is 0 Å². The van der Waals surface area contributed by atoms with Crippen molar-refractivity contribution in [2.45, 2.75) is 18.7 Å². The van der Waals surface area contributed by atoms with E-state index in [0.717, 1.165) is 16.0 Å². The second-order valence-electron chi connectivity index (χ2n) is 4.60. The number of thioether (sulfide) groups is 1. The average Bonchev–Trinajstić information content (AvgIpc) is 2.50. The molecule has 0 aliphatic heterocycles. The van der Waals surface area contributed by atoms with Gasteiger partial charge in [-0.3, -0.25) is 0 Å². The van der Waals surface area contributed by atoms with Gasteiger partial charge >= 0.3 is 0 Å². The largest absolute Gasteiger partial charge is 0.455 e. The minimum absolute atomic E-state index is 0.535. The first-order chi connectivity index (χ1) is 10.1. The zero-order chi connectivity index (χ0) is 15.4. The number of nitriles is 2. The normalized spacial score (nSPS) is 9.76. The van der Waals surface area contributed by atoms with Gasteiger partial charge in [0.15, 0.2) is 0 Å². The van der Waals surface area contributed by atoms with Gasteiger partial charge in [-0.2, -0.15) is 10.5 Å². The van der Waals surface area contributed by atoms with Crippen molar-refractivity contribution >= 4 is 11.8 Å². The number of ether oxygens (including phenoxy) is 1. The van der Waals surface area contributed by atoms with E-state index in [4.69, 9.17) is 10.00 Å². The standard InChI is InChI=1S/C17H14N2OS/c1-11-7-13(9-18)8-12(2)17(11)20-15-5-4-6-16(21-3)14(15)10-19/h4-8H,1-3H3. The van der Waals surface area contributed by atoms with Gasteiger partial charge in [0.1, 0.15) is 23.1 Å². The fourth-order valence-corrected chi connectivity index (χ4v) is 2.73. The third-order valence-electron chi connectivity index (χ3n) is 3.12. The van der Waals surface area contributed by atoms with E-state index in [1.165, 1.54) is 11.8 Å². The molecule has 104 valence electrons. The van der Waals surface area contributed by atoms with E-state index < -0.39 is 0 Å². The molecule has 0 fully saturated rings. The molecule has 0 aliphatic rings. The monoisotopic (exact) mass is 294 g/mol. The lowest BCUT2D eigenvalue weighted by Crippen LogP contribution is -1.95. The summed E-state index contributed by atoms with van der Waals surface area (Å²) in [5.74, 6) is 1.24. The maximum absolute atomic E-state index is 9.34. The summed E-state index contributed by atoms with van der Waals surface area (Å²) in [5, 5.41) is 18.3. The van der Waals surface area contributed by atoms with Crippen molar-refractivity contribution < 1.29 is 4.74 Å². The Kier molecular flexibility index (Phi) is 4.52. The summed E-state index contributed by atoms with van der Waals surface area (Å²) in [5.41, 5.74) is 2.90. The van der Waals surface area contributed by atoms with Crippen LogP contribution in [0.5, 0.6) is 11.5 Å². The Balaban J connectivity index is 2.50. The summed E-state index contributed by atoms with van der Waals surface area (Å²) >= 11 is 1.51. The SMILES string of the molecule is CSc1cccc(Oc2c(C)cc(C#N)cc2C)c1C#N. The molecular weight excluding hydrogens is 280 g/mol. The topological polar surface area (TPSA) is 56.8 Å². The maximum Gasteiger partial charge on any atom is 0.146 e. The first-order valence-electron chi connectivity index (χ1n) is 6.37. The molecule has 0 aromatic heterocycles. The van der Waals surface area contributed by atoms with Crippen LogP contribution in [0.2, 0.25) is 0 Å². The highest BCUT2D eigenvalue weighted by atomic mass is 32.2. The summed E-state index contributed by atoms with van der Waals surface area (Å²) in [6, 6.07) is 13.5. The quantitative estimate of drug-likeness (QED) is 0.779. The van der Waals surface area contributed by atoms with Gasteiger partial charge in [0.2, 0.25) is 0 Å². The molecule has 0 bridgehead atoms. The van der Waals surface area contributed by atoms with Gasteiger partial charge in [0.25, 0.3) is 0 Å². The molecule has 2 rings (SSSR count). The summed E-state index contributed by atoms with van der Waals surface area (Å²) in [7, 11) is 0. The molecule has 0 atom stereocenters. The highest BCUT2D eigenvalue weighted by Crippen LogP contribution is 2.34. The lowest BCUT2D eigenvalue weighted by molar-refractivity contribution is 0.472. The van der Waals surface area contributed by atoms with Crippen molar-refractivity contribution in [2.24, 2.45) is 0 Å². The Bertz CT molecular complexity index is 746. The van der Waals surface area contributed by atoms with Crippen molar-refractivity contribution in [1.82, 2.24) is 0 Å². The lowest BCUT2D eigenvalue weighted by atomic mass is 10.1. The number of benzene rings is 2. The van der Waals surface area contributed by atoms with Gasteiger partial charge in [-0.05, 0) is 55.5 Å². The number of hydrogen-bond acceptors (Lipinski definition) is 4. The van der Waals surface area contributed by atoms with Gasteiger partial charge in [0.05, 0.1) is 11.6 Å². The number of aryl methyl sites for hydroxylation is 2. The number of rotatable bonds is 3. The molecule has 0 radical (unpaired) electrons. The van der Waals surface area contributed by atoms with Crippen molar-refractivity contribution in [3.05, 3.63) is 52.6 Å². The van der Waals surface area contributed by atoms with E-state index in [1.54, 1.807) is 18.2 Å². The van der Waals surface area contributed by atoms with E-state index in [2.05, 4.69) is 12.1 Å². The van der Waals surface area contributed by atoms with Crippen LogP contribution in [0.15, 0.2) is 35.2 Å². The molecule has 2 aromatic rings. The predicted molar refractivity (Wildman–Crippen MR) is 83.6 cm³/mol. The molecule has 0 spiro atoms. The Labute approximate surface area is 128 Å². The molecular formula is C17H14N2OS. The van der Waals surface area contributed by atoms with E-state index in [1.807, 2.05) is 32.2 Å². The minimum Gasteiger partial charge on any atom is -0.455 e. The molecule has 4 heteroatoms. The Morgan fingerprint density at radius 1 is 1.05 bits per heavy atom. The average molecular weight is 294 g/mol. The fourth-order valence-electron chi connectivity index (χ4n) is 2.16. The van der Waals surface area contributed by atoms with Crippen LogP contribution in [0, 0.1) is 36.5 Å². The third-order valence-corrected chi connectivity index (χ3v) is 3.90. The first kappa shape index (κ1) is 15.0. The molecule has 0 saturated heterocycles. The van der Waals surface area contributed by atoms with Crippen molar-refractivity contribution in [3.63, 3.8) is 0 Å². The van der Waals surface area contributed by atoms with Crippen molar-refractivity contribution in [2.75, 3.05) is 6.26 Å². The smallest absolute Gasteiger partial charge is 0.146 e. The number of hydrogen-bond donors (Lipinski definition) is 0. The Morgan fingerprint density at radius 3 is 2.24 bits per heavy atom. The molecule has 0 saturated carbocycles. The Hall–Kier alpha value is -2.43. The summed E-state index contributed by atoms with van der Waals surface area (Å²) in [6.07, 6.45) is 1.93. The Morgan fingerprint density at radius 2 is 1.71 bits per heavy atom. The van der Waals surface area contributed by atoms with E-state index in [0.29, 0.717) is 22.6 Å². The van der Waals surface area contributed by atoms with Crippen LogP contribution in [-0.4, -0.2) is 6.26 Å². The third kappa shape index (κ3) is 3.02. The fraction of sp³-hybridized carbons (Fsp3) is 0.176. The van der Waals surface area contributed by atoms with Gasteiger partial charge in [0, 0.05) is 4.90 Å². The summed E-state index contributed by atoms with van der Waals surface area (Å²) in [6.45, 7) is 3.79. The van der Waals surface area contributed by atoms with Crippen LogP contribution in [0.1, 0.15) is 22.3 Å². The second kappa shape index (κ2) is 6.35. The van der Waals surface area contributed by atoms with Crippen LogP contribution < -0.4 is 4.74 Å². The summed E-state index contributed by atoms with van der Waals surface area (Å²) in [4.78, 5) is 0.888. The molecule has 3 nitrogen and oxygen atoms in total. The molecule has 2 aromatic carbocycles. The molecule has 21 heavy (non-hydrogen) atoms. The van der Waals surface area contributed by atoms with E-state index in [9.17, 15) is 5.26 Å². The zero-order valence-corrected chi connectivity index (χ0v) is 12.9. The highest BCUT2D eigenvalue weighted by Gasteiger charge is 2.13. The van der Waals surface area contributed by atoms with Crippen LogP contribution in [0.25, 0.3) is 0 Å². The maximum atomic E-state index is 9.34. The van der Waals surface area contributed by atoms with Crippen molar-refractivity contribution in [3.8, 4) is 23.6 Å².